The van der Waals surface area contributed by atoms with Gasteiger partial charge in [0.1, 0.15) is 0 Å². The van der Waals surface area contributed by atoms with E-state index in [0.717, 1.165) is 31.2 Å². The quantitative estimate of drug-likeness (QED) is 0.840. The minimum absolute atomic E-state index is 0.165. The monoisotopic (exact) mass is 305 g/mol. The first-order chi connectivity index (χ1) is 10.5. The van der Waals surface area contributed by atoms with Crippen LogP contribution in [0.4, 0.5) is 0 Å². The summed E-state index contributed by atoms with van der Waals surface area (Å²) in [6, 6.07) is 6.66. The first-order valence-corrected chi connectivity index (χ1v) is 7.55. The Hall–Kier alpha value is -1.88. The van der Waals surface area contributed by atoms with Crippen LogP contribution in [0.5, 0.6) is 0 Å². The van der Waals surface area contributed by atoms with Crippen molar-refractivity contribution in [3.05, 3.63) is 35.4 Å². The van der Waals surface area contributed by atoms with E-state index in [1.807, 2.05) is 0 Å². The number of hydrogen-bond donors (Lipinski definition) is 1. The fourth-order valence-electron chi connectivity index (χ4n) is 2.98. The van der Waals surface area contributed by atoms with E-state index in [9.17, 15) is 9.59 Å². The van der Waals surface area contributed by atoms with Gasteiger partial charge < -0.3 is 14.7 Å². The van der Waals surface area contributed by atoms with Crippen molar-refractivity contribution in [2.45, 2.75) is 32.2 Å². The molecule has 0 aliphatic heterocycles. The molecule has 0 radical (unpaired) electrons. The van der Waals surface area contributed by atoms with Gasteiger partial charge in [-0.3, -0.25) is 4.79 Å². The summed E-state index contributed by atoms with van der Waals surface area (Å²) < 4.78 is 5.13. The van der Waals surface area contributed by atoms with Crippen molar-refractivity contribution in [3.63, 3.8) is 0 Å². The molecule has 0 atom stereocenters. The predicted molar refractivity (Wildman–Crippen MR) is 82.7 cm³/mol. The van der Waals surface area contributed by atoms with Crippen molar-refractivity contribution in [2.75, 3.05) is 20.8 Å². The normalized spacial score (nSPS) is 15.9. The molecule has 1 aliphatic carbocycles. The Morgan fingerprint density at radius 1 is 1.27 bits per heavy atom. The van der Waals surface area contributed by atoms with Gasteiger partial charge in [-0.1, -0.05) is 18.6 Å². The number of carboxylic acid groups (broad SMARTS) is 1. The molecule has 1 fully saturated rings. The highest BCUT2D eigenvalue weighted by atomic mass is 16.5. The van der Waals surface area contributed by atoms with E-state index in [1.54, 1.807) is 43.3 Å². The van der Waals surface area contributed by atoms with Gasteiger partial charge in [0.15, 0.2) is 0 Å². The van der Waals surface area contributed by atoms with E-state index >= 15 is 0 Å². The predicted octanol–water partition coefficient (Wildman–Crippen LogP) is 2.55. The number of aromatic carboxylic acids is 1. The second-order valence-corrected chi connectivity index (χ2v) is 6.04. The average molecular weight is 305 g/mol. The van der Waals surface area contributed by atoms with E-state index < -0.39 is 5.97 Å². The Morgan fingerprint density at radius 3 is 2.36 bits per heavy atom. The first kappa shape index (κ1) is 16.5. The maximum atomic E-state index is 12.7. The number of carbonyl (C=O) groups excluding carboxylic acids is 1. The molecule has 0 unspecified atom stereocenters. The Bertz CT molecular complexity index is 534. The van der Waals surface area contributed by atoms with Gasteiger partial charge >= 0.3 is 5.97 Å². The highest BCUT2D eigenvalue weighted by molar-refractivity contribution is 5.87. The lowest BCUT2D eigenvalue weighted by Crippen LogP contribution is -2.46. The third kappa shape index (κ3) is 3.47. The summed E-state index contributed by atoms with van der Waals surface area (Å²) in [7, 11) is 3.46. The van der Waals surface area contributed by atoms with E-state index in [4.69, 9.17) is 9.84 Å². The van der Waals surface area contributed by atoms with Crippen LogP contribution in [0, 0.1) is 5.41 Å². The van der Waals surface area contributed by atoms with Gasteiger partial charge in [-0.15, -0.1) is 0 Å². The van der Waals surface area contributed by atoms with Gasteiger partial charge in [-0.2, -0.15) is 0 Å². The summed E-state index contributed by atoms with van der Waals surface area (Å²) in [5.41, 5.74) is 0.932. The summed E-state index contributed by atoms with van der Waals surface area (Å²) in [4.78, 5) is 25.3. The number of methoxy groups -OCH3 is 1. The molecule has 22 heavy (non-hydrogen) atoms. The van der Waals surface area contributed by atoms with E-state index in [-0.39, 0.29) is 16.9 Å². The zero-order chi connectivity index (χ0) is 16.2. The number of benzene rings is 1. The van der Waals surface area contributed by atoms with Crippen LogP contribution in [0.3, 0.4) is 0 Å². The molecule has 1 amide bonds. The van der Waals surface area contributed by atoms with Crippen LogP contribution in [0.2, 0.25) is 0 Å². The van der Waals surface area contributed by atoms with Crippen LogP contribution < -0.4 is 0 Å². The highest BCUT2D eigenvalue weighted by Gasteiger charge is 2.44. The smallest absolute Gasteiger partial charge is 0.335 e. The minimum Gasteiger partial charge on any atom is -0.478 e. The maximum absolute atomic E-state index is 12.7. The summed E-state index contributed by atoms with van der Waals surface area (Å²) >= 11 is 0. The fourth-order valence-corrected chi connectivity index (χ4v) is 2.98. The Labute approximate surface area is 130 Å². The van der Waals surface area contributed by atoms with Crippen molar-refractivity contribution in [2.24, 2.45) is 5.41 Å². The number of carboxylic acids is 1. The molecule has 1 aromatic carbocycles. The largest absolute Gasteiger partial charge is 0.478 e. The number of hydrogen-bond acceptors (Lipinski definition) is 3. The SMILES string of the molecule is COCCC1(C(=O)N(C)Cc2ccc(C(=O)O)cc2)CCC1. The number of nitrogens with zero attached hydrogens (tertiary/aromatic N) is 1. The maximum Gasteiger partial charge on any atom is 0.335 e. The third-order valence-corrected chi connectivity index (χ3v) is 4.52. The summed E-state index contributed by atoms with van der Waals surface area (Å²) in [5, 5.41) is 8.90. The lowest BCUT2D eigenvalue weighted by atomic mass is 9.66. The van der Waals surface area contributed by atoms with Crippen molar-refractivity contribution < 1.29 is 19.4 Å². The molecule has 0 spiro atoms. The molecule has 120 valence electrons. The summed E-state index contributed by atoms with van der Waals surface area (Å²) in [6.45, 7) is 1.10. The topological polar surface area (TPSA) is 66.8 Å². The fraction of sp³-hybridized carbons (Fsp3) is 0.529. The Morgan fingerprint density at radius 2 is 1.91 bits per heavy atom. The second kappa shape index (κ2) is 6.92. The highest BCUT2D eigenvalue weighted by Crippen LogP contribution is 2.45. The molecule has 1 aliphatic rings. The van der Waals surface area contributed by atoms with Crippen LogP contribution in [-0.4, -0.2) is 42.6 Å². The first-order valence-electron chi connectivity index (χ1n) is 7.55. The summed E-state index contributed by atoms with van der Waals surface area (Å²) in [6.07, 6.45) is 3.72. The van der Waals surface area contributed by atoms with Crippen LogP contribution in [0.15, 0.2) is 24.3 Å². The second-order valence-electron chi connectivity index (χ2n) is 6.04. The molecule has 1 N–H and O–H groups in total. The lowest BCUT2D eigenvalue weighted by molar-refractivity contribution is -0.148. The molecule has 0 saturated heterocycles. The standard InChI is InChI=1S/C17H23NO4/c1-18(12-13-4-6-14(7-5-13)15(19)20)16(21)17(8-3-9-17)10-11-22-2/h4-7H,3,8-12H2,1-2H3,(H,19,20). The molecule has 1 aromatic rings. The van der Waals surface area contributed by atoms with Crippen molar-refractivity contribution in [1.29, 1.82) is 0 Å². The number of ether oxygens (including phenoxy) is 1. The molecular weight excluding hydrogens is 282 g/mol. The zero-order valence-corrected chi connectivity index (χ0v) is 13.2. The lowest BCUT2D eigenvalue weighted by Gasteiger charge is -2.42. The minimum atomic E-state index is -0.941. The average Bonchev–Trinajstić information content (AvgIpc) is 2.46. The third-order valence-electron chi connectivity index (χ3n) is 4.52. The van der Waals surface area contributed by atoms with Gasteiger partial charge in [0.2, 0.25) is 5.91 Å². The van der Waals surface area contributed by atoms with Crippen LogP contribution in [0.1, 0.15) is 41.6 Å². The number of carbonyl (C=O) groups is 2. The van der Waals surface area contributed by atoms with Gasteiger partial charge in [0.05, 0.1) is 11.0 Å². The molecule has 5 heteroatoms. The molecule has 0 bridgehead atoms. The number of amides is 1. The molecule has 5 nitrogen and oxygen atoms in total. The van der Waals surface area contributed by atoms with Crippen molar-refractivity contribution in [3.8, 4) is 0 Å². The van der Waals surface area contributed by atoms with Gasteiger partial charge in [0.25, 0.3) is 0 Å². The summed E-state index contributed by atoms with van der Waals surface area (Å²) in [5.74, 6) is -0.776. The van der Waals surface area contributed by atoms with E-state index in [2.05, 4.69) is 0 Å². The molecule has 0 aromatic heterocycles. The van der Waals surface area contributed by atoms with Crippen molar-refractivity contribution in [1.82, 2.24) is 4.90 Å². The molecule has 1 saturated carbocycles. The van der Waals surface area contributed by atoms with Gasteiger partial charge in [-0.05, 0) is 37.0 Å². The molecule has 0 heterocycles. The zero-order valence-electron chi connectivity index (χ0n) is 13.2. The Kier molecular flexibility index (Phi) is 5.19. The number of rotatable bonds is 7. The van der Waals surface area contributed by atoms with Gasteiger partial charge in [0, 0.05) is 27.3 Å². The Balaban J connectivity index is 1.99. The van der Waals surface area contributed by atoms with Crippen LogP contribution >= 0.6 is 0 Å². The van der Waals surface area contributed by atoms with E-state index in [0.29, 0.717) is 13.2 Å². The molecular formula is C17H23NO4. The van der Waals surface area contributed by atoms with E-state index in [1.165, 1.54) is 0 Å². The van der Waals surface area contributed by atoms with Crippen LogP contribution in [-0.2, 0) is 16.1 Å². The van der Waals surface area contributed by atoms with Gasteiger partial charge in [-0.25, -0.2) is 4.79 Å². The van der Waals surface area contributed by atoms with Crippen LogP contribution in [0.25, 0.3) is 0 Å². The van der Waals surface area contributed by atoms with Crippen molar-refractivity contribution >= 4 is 11.9 Å². The molecule has 2 rings (SSSR count).